The summed E-state index contributed by atoms with van der Waals surface area (Å²) in [5, 5.41) is 15.5. The molecule has 9 heteroatoms. The smallest absolute Gasteiger partial charge is 0.251 e. The number of hydrogen-bond donors (Lipinski definition) is 3. The van der Waals surface area contributed by atoms with Crippen molar-refractivity contribution in [2.24, 2.45) is 5.73 Å². The van der Waals surface area contributed by atoms with E-state index in [0.29, 0.717) is 42.4 Å². The number of aliphatic hydroxyl groups excluding tert-OH is 1. The number of methoxy groups -OCH3 is 1. The van der Waals surface area contributed by atoms with Crippen molar-refractivity contribution in [2.45, 2.75) is 12.8 Å². The Morgan fingerprint density at radius 3 is 2.39 bits per heavy atom. The molecule has 0 atom stereocenters. The van der Waals surface area contributed by atoms with E-state index in [0.717, 1.165) is 12.0 Å². The molecule has 1 aromatic heterocycles. The summed E-state index contributed by atoms with van der Waals surface area (Å²) < 4.78 is 9.92. The summed E-state index contributed by atoms with van der Waals surface area (Å²) in [6, 6.07) is 15.7. The molecule has 31 heavy (non-hydrogen) atoms. The minimum atomic E-state index is -0.379. The zero-order chi connectivity index (χ0) is 22.5. The van der Waals surface area contributed by atoms with E-state index in [-0.39, 0.29) is 18.4 Å². The van der Waals surface area contributed by atoms with Gasteiger partial charge in [0.2, 0.25) is 17.6 Å². The molecule has 0 spiro atoms. The van der Waals surface area contributed by atoms with Crippen LogP contribution in [0.15, 0.2) is 59.1 Å². The Balaban J connectivity index is 0.000000316. The van der Waals surface area contributed by atoms with Gasteiger partial charge in [0.15, 0.2) is 0 Å². The lowest BCUT2D eigenvalue weighted by atomic mass is 10.1. The maximum absolute atomic E-state index is 11.9. The van der Waals surface area contributed by atoms with E-state index >= 15 is 0 Å². The van der Waals surface area contributed by atoms with Gasteiger partial charge in [0.25, 0.3) is 5.91 Å². The van der Waals surface area contributed by atoms with Gasteiger partial charge in [0, 0.05) is 37.0 Å². The second kappa shape index (κ2) is 12.9. The Labute approximate surface area is 180 Å². The molecule has 164 valence electrons. The number of benzene rings is 2. The fourth-order valence-electron chi connectivity index (χ4n) is 2.46. The lowest BCUT2D eigenvalue weighted by molar-refractivity contribution is 0.0947. The molecule has 3 rings (SSSR count). The van der Waals surface area contributed by atoms with Crippen LogP contribution in [0.3, 0.4) is 0 Å². The quantitative estimate of drug-likeness (QED) is 0.443. The highest BCUT2D eigenvalue weighted by Crippen LogP contribution is 2.16. The summed E-state index contributed by atoms with van der Waals surface area (Å²) in [6.07, 6.45) is 1.10. The molecule has 0 aliphatic rings. The third-order valence-electron chi connectivity index (χ3n) is 4.07. The molecule has 0 radical (unpaired) electrons. The Bertz CT molecular complexity index is 942. The second-order valence-corrected chi connectivity index (χ2v) is 6.40. The number of aromatic nitrogens is 2. The van der Waals surface area contributed by atoms with Gasteiger partial charge in [-0.05, 0) is 30.7 Å². The molecule has 2 aromatic carbocycles. The Morgan fingerprint density at radius 2 is 1.81 bits per heavy atom. The fraction of sp³-hybridized carbons (Fsp3) is 0.273. The summed E-state index contributed by atoms with van der Waals surface area (Å²) in [5.41, 5.74) is 6.85. The van der Waals surface area contributed by atoms with Gasteiger partial charge in [-0.2, -0.15) is 4.98 Å². The van der Waals surface area contributed by atoms with Gasteiger partial charge in [-0.25, -0.2) is 0 Å². The Hall–Kier alpha value is -3.56. The summed E-state index contributed by atoms with van der Waals surface area (Å²) in [5.74, 6) is 0.320. The predicted octanol–water partition coefficient (Wildman–Crippen LogP) is 1.82. The van der Waals surface area contributed by atoms with E-state index < -0.39 is 0 Å². The number of carbonyl (C=O) groups excluding carboxylic acids is 2. The lowest BCUT2D eigenvalue weighted by Gasteiger charge is -2.05. The summed E-state index contributed by atoms with van der Waals surface area (Å²) >= 11 is 0. The zero-order valence-corrected chi connectivity index (χ0v) is 17.3. The lowest BCUT2D eigenvalue weighted by Crippen LogP contribution is -2.25. The van der Waals surface area contributed by atoms with Gasteiger partial charge in [-0.1, -0.05) is 35.5 Å². The van der Waals surface area contributed by atoms with Crippen molar-refractivity contribution in [3.63, 3.8) is 0 Å². The first-order chi connectivity index (χ1) is 15.0. The highest BCUT2D eigenvalue weighted by atomic mass is 16.5. The molecule has 9 nitrogen and oxygen atoms in total. The van der Waals surface area contributed by atoms with Gasteiger partial charge in [0.1, 0.15) is 0 Å². The zero-order valence-electron chi connectivity index (χ0n) is 17.3. The first kappa shape index (κ1) is 23.7. The van der Waals surface area contributed by atoms with Crippen LogP contribution in [0.2, 0.25) is 0 Å². The number of amides is 2. The third-order valence-corrected chi connectivity index (χ3v) is 4.07. The molecule has 0 aliphatic carbocycles. The molecule has 1 heterocycles. The molecule has 0 unspecified atom stereocenters. The van der Waals surface area contributed by atoms with Gasteiger partial charge in [-0.15, -0.1) is 0 Å². The SMILES string of the molecule is COCCCNC(=O)c1ccc(-c2noc(CCO)n2)cc1.NC(=O)c1ccccc1. The van der Waals surface area contributed by atoms with Crippen LogP contribution >= 0.6 is 0 Å². The van der Waals surface area contributed by atoms with E-state index in [4.69, 9.17) is 20.1 Å². The number of primary amides is 1. The van der Waals surface area contributed by atoms with Crippen molar-refractivity contribution in [3.8, 4) is 11.4 Å². The van der Waals surface area contributed by atoms with Crippen molar-refractivity contribution in [2.75, 3.05) is 26.9 Å². The molecular formula is C22H26N4O5. The first-order valence-electron chi connectivity index (χ1n) is 9.71. The second-order valence-electron chi connectivity index (χ2n) is 6.40. The molecular weight excluding hydrogens is 400 g/mol. The normalized spacial score (nSPS) is 10.1. The average molecular weight is 426 g/mol. The number of nitrogens with zero attached hydrogens (tertiary/aromatic N) is 2. The number of ether oxygens (including phenoxy) is 1. The van der Waals surface area contributed by atoms with Crippen molar-refractivity contribution in [1.29, 1.82) is 0 Å². The van der Waals surface area contributed by atoms with Crippen molar-refractivity contribution in [3.05, 3.63) is 71.6 Å². The number of nitrogens with one attached hydrogen (secondary N) is 1. The van der Waals surface area contributed by atoms with Crippen LogP contribution < -0.4 is 11.1 Å². The van der Waals surface area contributed by atoms with Gasteiger partial charge in [-0.3, -0.25) is 9.59 Å². The summed E-state index contributed by atoms with van der Waals surface area (Å²) in [4.78, 5) is 26.5. The standard InChI is InChI=1S/C15H19N3O4.C7H7NO/c1-21-10-2-8-16-15(20)12-5-3-11(4-6-12)14-17-13(7-9-19)22-18-14;8-7(9)6-4-2-1-3-5-6/h3-6,19H,2,7-10H2,1H3,(H,16,20);1-5H,(H2,8,9). The molecule has 0 saturated carbocycles. The minimum Gasteiger partial charge on any atom is -0.396 e. The molecule has 0 fully saturated rings. The third kappa shape index (κ3) is 8.00. The van der Waals surface area contributed by atoms with Crippen LogP contribution in [0.1, 0.15) is 33.0 Å². The van der Waals surface area contributed by atoms with Gasteiger partial charge >= 0.3 is 0 Å². The number of carbonyl (C=O) groups is 2. The fourth-order valence-corrected chi connectivity index (χ4v) is 2.46. The van der Waals surface area contributed by atoms with E-state index in [1.807, 2.05) is 6.07 Å². The highest BCUT2D eigenvalue weighted by molar-refractivity contribution is 5.94. The molecule has 4 N–H and O–H groups in total. The number of hydrogen-bond acceptors (Lipinski definition) is 7. The van der Waals surface area contributed by atoms with Crippen molar-refractivity contribution >= 4 is 11.8 Å². The topological polar surface area (TPSA) is 141 Å². The molecule has 3 aromatic rings. The highest BCUT2D eigenvalue weighted by Gasteiger charge is 2.10. The molecule has 0 aliphatic heterocycles. The van der Waals surface area contributed by atoms with Crippen LogP contribution in [0, 0.1) is 0 Å². The van der Waals surface area contributed by atoms with E-state index in [2.05, 4.69) is 15.5 Å². The van der Waals surface area contributed by atoms with Crippen LogP contribution in [0.25, 0.3) is 11.4 Å². The molecule has 2 amide bonds. The molecule has 0 bridgehead atoms. The van der Waals surface area contributed by atoms with Crippen molar-refractivity contribution < 1.29 is 24.0 Å². The Kier molecular flexibility index (Phi) is 9.86. The maximum Gasteiger partial charge on any atom is 0.251 e. The number of rotatable bonds is 9. The Morgan fingerprint density at radius 1 is 1.10 bits per heavy atom. The molecule has 0 saturated heterocycles. The van der Waals surface area contributed by atoms with E-state index in [1.54, 1.807) is 55.6 Å². The predicted molar refractivity (Wildman–Crippen MR) is 114 cm³/mol. The van der Waals surface area contributed by atoms with Crippen molar-refractivity contribution in [1.82, 2.24) is 15.5 Å². The first-order valence-corrected chi connectivity index (χ1v) is 9.71. The van der Waals surface area contributed by atoms with E-state index in [9.17, 15) is 9.59 Å². The largest absolute Gasteiger partial charge is 0.396 e. The average Bonchev–Trinajstić information content (AvgIpc) is 3.27. The monoisotopic (exact) mass is 426 g/mol. The van der Waals surface area contributed by atoms with Gasteiger partial charge in [0.05, 0.1) is 13.0 Å². The number of aliphatic hydroxyl groups is 1. The van der Waals surface area contributed by atoms with Crippen LogP contribution in [-0.4, -0.2) is 53.9 Å². The maximum atomic E-state index is 11.9. The van der Waals surface area contributed by atoms with Crippen LogP contribution in [-0.2, 0) is 11.2 Å². The van der Waals surface area contributed by atoms with Crippen LogP contribution in [0.4, 0.5) is 0 Å². The van der Waals surface area contributed by atoms with E-state index in [1.165, 1.54) is 0 Å². The van der Waals surface area contributed by atoms with Gasteiger partial charge < -0.3 is 25.4 Å². The van der Waals surface area contributed by atoms with Crippen LogP contribution in [0.5, 0.6) is 0 Å². The summed E-state index contributed by atoms with van der Waals surface area (Å²) in [6.45, 7) is 1.15. The number of nitrogens with two attached hydrogens (primary N) is 1. The minimum absolute atomic E-state index is 0.0379. The summed E-state index contributed by atoms with van der Waals surface area (Å²) in [7, 11) is 1.63.